The molecule has 10 heteroatoms. The smallest absolute Gasteiger partial charge is 0.293 e. The highest BCUT2D eigenvalue weighted by molar-refractivity contribution is 5.76. The first kappa shape index (κ1) is 17.1. The van der Waals surface area contributed by atoms with Gasteiger partial charge in [-0.25, -0.2) is 18.0 Å². The van der Waals surface area contributed by atoms with E-state index in [1.54, 1.807) is 11.0 Å². The molecule has 140 valence electrons. The molecular formula is C17H16F2N6O2. The van der Waals surface area contributed by atoms with E-state index in [0.717, 1.165) is 10.7 Å². The third-order valence-corrected chi connectivity index (χ3v) is 4.52. The number of hydrogen-bond donors (Lipinski definition) is 1. The van der Waals surface area contributed by atoms with Crippen LogP contribution >= 0.6 is 0 Å². The van der Waals surface area contributed by atoms with Crippen molar-refractivity contribution in [3.8, 4) is 0 Å². The molecule has 1 aliphatic rings. The molecular weight excluding hydrogens is 358 g/mol. The minimum Gasteiger partial charge on any atom is -0.367 e. The number of hydrogen-bond acceptors (Lipinski definition) is 5. The molecule has 0 spiro atoms. The topological polar surface area (TPSA) is 84.5 Å². The molecule has 1 aromatic carbocycles. The molecule has 0 bridgehead atoms. The Morgan fingerprint density at radius 2 is 2.11 bits per heavy atom. The van der Waals surface area contributed by atoms with Gasteiger partial charge < -0.3 is 10.2 Å². The Bertz CT molecular complexity index is 1060. The molecule has 1 N–H and O–H groups in total. The predicted molar refractivity (Wildman–Crippen MR) is 92.4 cm³/mol. The van der Waals surface area contributed by atoms with Crippen molar-refractivity contribution < 1.29 is 13.6 Å². The van der Waals surface area contributed by atoms with E-state index in [2.05, 4.69) is 15.5 Å². The van der Waals surface area contributed by atoms with Gasteiger partial charge in [0.1, 0.15) is 30.0 Å². The average Bonchev–Trinajstić information content (AvgIpc) is 3.27. The highest BCUT2D eigenvalue weighted by Crippen LogP contribution is 2.24. The van der Waals surface area contributed by atoms with Gasteiger partial charge in [-0.2, -0.15) is 10.2 Å². The Labute approximate surface area is 152 Å². The van der Waals surface area contributed by atoms with Crippen LogP contribution in [0.1, 0.15) is 6.42 Å². The largest absolute Gasteiger partial charge is 0.367 e. The predicted octanol–water partition coefficient (Wildman–Crippen LogP) is 0.564. The van der Waals surface area contributed by atoms with E-state index in [4.69, 9.17) is 0 Å². The maximum atomic E-state index is 13.9. The second-order valence-corrected chi connectivity index (χ2v) is 6.35. The molecule has 0 aliphatic carbocycles. The summed E-state index contributed by atoms with van der Waals surface area (Å²) in [5.41, 5.74) is 0.223. The van der Waals surface area contributed by atoms with E-state index in [-0.39, 0.29) is 18.5 Å². The van der Waals surface area contributed by atoms with E-state index >= 15 is 0 Å². The number of nitrogens with one attached hydrogen (secondary N) is 1. The van der Waals surface area contributed by atoms with E-state index in [9.17, 15) is 18.4 Å². The number of nitrogens with zero attached hydrogens (tertiary/aromatic N) is 5. The van der Waals surface area contributed by atoms with Gasteiger partial charge in [-0.3, -0.25) is 9.59 Å². The van der Waals surface area contributed by atoms with Crippen molar-refractivity contribution in [2.24, 2.45) is 0 Å². The molecule has 1 aliphatic heterocycles. The third kappa shape index (κ3) is 3.37. The highest BCUT2D eigenvalue weighted by atomic mass is 19.1. The summed E-state index contributed by atoms with van der Waals surface area (Å²) in [5.74, 6) is -1.62. The molecule has 0 saturated carbocycles. The Kier molecular flexibility index (Phi) is 4.30. The minimum atomic E-state index is -0.633. The van der Waals surface area contributed by atoms with E-state index in [1.807, 2.05) is 0 Å². The van der Waals surface area contributed by atoms with Crippen molar-refractivity contribution in [1.29, 1.82) is 0 Å². The number of benzene rings is 1. The molecule has 3 heterocycles. The zero-order valence-corrected chi connectivity index (χ0v) is 14.2. The van der Waals surface area contributed by atoms with Crippen LogP contribution < -0.4 is 15.8 Å². The van der Waals surface area contributed by atoms with Crippen molar-refractivity contribution in [2.75, 3.05) is 18.0 Å². The molecule has 0 radical (unpaired) electrons. The fraction of sp³-hybridized carbons (Fsp3) is 0.294. The van der Waals surface area contributed by atoms with Gasteiger partial charge in [0.05, 0.1) is 11.9 Å². The van der Waals surface area contributed by atoms with Crippen molar-refractivity contribution in [3.05, 3.63) is 58.8 Å². The Morgan fingerprint density at radius 1 is 1.26 bits per heavy atom. The van der Waals surface area contributed by atoms with Gasteiger partial charge in [-0.05, 0) is 24.6 Å². The van der Waals surface area contributed by atoms with Crippen LogP contribution in [0.3, 0.4) is 0 Å². The second kappa shape index (κ2) is 6.78. The standard InChI is InChI=1S/C17H16F2N6O2/c18-11-1-2-14(13(19)7-11)23-6-4-12(8-23)22-16(26)9-24-17(27)15-3-5-20-25(15)10-21-24/h1-3,5,7,10,12H,4,6,8-9H2,(H,22,26). The maximum absolute atomic E-state index is 13.9. The van der Waals surface area contributed by atoms with Crippen LogP contribution in [-0.4, -0.2) is 44.4 Å². The van der Waals surface area contributed by atoms with Crippen LogP contribution in [0.15, 0.2) is 41.6 Å². The summed E-state index contributed by atoms with van der Waals surface area (Å²) in [6.07, 6.45) is 3.45. The first-order valence-corrected chi connectivity index (χ1v) is 8.40. The normalized spacial score (nSPS) is 16.8. The van der Waals surface area contributed by atoms with Gasteiger partial charge in [-0.15, -0.1) is 0 Å². The summed E-state index contributed by atoms with van der Waals surface area (Å²) in [6.45, 7) is 0.716. The number of halogens is 2. The molecule has 1 atom stereocenters. The van der Waals surface area contributed by atoms with Crippen LogP contribution in [0.2, 0.25) is 0 Å². The highest BCUT2D eigenvalue weighted by Gasteiger charge is 2.26. The summed E-state index contributed by atoms with van der Waals surface area (Å²) in [6, 6.07) is 4.78. The average molecular weight is 374 g/mol. The molecule has 3 aromatic rings. The molecule has 1 unspecified atom stereocenters. The zero-order valence-electron chi connectivity index (χ0n) is 14.2. The second-order valence-electron chi connectivity index (χ2n) is 6.35. The Morgan fingerprint density at radius 3 is 2.93 bits per heavy atom. The monoisotopic (exact) mass is 374 g/mol. The summed E-state index contributed by atoms with van der Waals surface area (Å²) in [5, 5.41) is 10.7. The Hall–Kier alpha value is -3.30. The van der Waals surface area contributed by atoms with Crippen molar-refractivity contribution in [2.45, 2.75) is 19.0 Å². The lowest BCUT2D eigenvalue weighted by Gasteiger charge is -2.19. The SMILES string of the molecule is O=C(Cn1ncn2nccc2c1=O)NC1CCN(c2ccc(F)cc2F)C1. The van der Waals surface area contributed by atoms with Crippen molar-refractivity contribution in [3.63, 3.8) is 0 Å². The number of carbonyl (C=O) groups excluding carboxylic acids is 1. The number of anilines is 1. The molecule has 1 saturated heterocycles. The number of fused-ring (bicyclic) bond motifs is 1. The molecule has 1 amide bonds. The summed E-state index contributed by atoms with van der Waals surface area (Å²) >= 11 is 0. The van der Waals surface area contributed by atoms with Crippen LogP contribution in [0.5, 0.6) is 0 Å². The summed E-state index contributed by atoms with van der Waals surface area (Å²) < 4.78 is 29.4. The lowest BCUT2D eigenvalue weighted by atomic mass is 10.2. The molecule has 1 fully saturated rings. The molecule has 8 nitrogen and oxygen atoms in total. The lowest BCUT2D eigenvalue weighted by Crippen LogP contribution is -2.41. The van der Waals surface area contributed by atoms with Gasteiger partial charge >= 0.3 is 0 Å². The van der Waals surface area contributed by atoms with Crippen LogP contribution in [0.4, 0.5) is 14.5 Å². The van der Waals surface area contributed by atoms with E-state index in [1.165, 1.54) is 29.2 Å². The fourth-order valence-electron chi connectivity index (χ4n) is 3.23. The summed E-state index contributed by atoms with van der Waals surface area (Å²) in [7, 11) is 0. The molecule has 4 rings (SSSR count). The fourth-order valence-corrected chi connectivity index (χ4v) is 3.23. The van der Waals surface area contributed by atoms with Crippen LogP contribution in [0.25, 0.3) is 5.52 Å². The lowest BCUT2D eigenvalue weighted by molar-refractivity contribution is -0.122. The van der Waals surface area contributed by atoms with Gasteiger partial charge in [0.15, 0.2) is 0 Å². The van der Waals surface area contributed by atoms with Gasteiger partial charge in [-0.1, -0.05) is 0 Å². The van der Waals surface area contributed by atoms with Gasteiger partial charge in [0.25, 0.3) is 5.56 Å². The number of aromatic nitrogens is 4. The number of carbonyl (C=O) groups is 1. The minimum absolute atomic E-state index is 0.198. The van der Waals surface area contributed by atoms with Gasteiger partial charge in [0.2, 0.25) is 5.91 Å². The van der Waals surface area contributed by atoms with Crippen molar-refractivity contribution in [1.82, 2.24) is 24.7 Å². The Balaban J connectivity index is 1.40. The maximum Gasteiger partial charge on any atom is 0.293 e. The van der Waals surface area contributed by atoms with Crippen LogP contribution in [0, 0.1) is 11.6 Å². The number of amides is 1. The number of rotatable bonds is 4. The first-order chi connectivity index (χ1) is 13.0. The first-order valence-electron chi connectivity index (χ1n) is 8.40. The molecule has 27 heavy (non-hydrogen) atoms. The van der Waals surface area contributed by atoms with E-state index < -0.39 is 17.2 Å². The summed E-state index contributed by atoms with van der Waals surface area (Å²) in [4.78, 5) is 26.3. The van der Waals surface area contributed by atoms with E-state index in [0.29, 0.717) is 30.7 Å². The quantitative estimate of drug-likeness (QED) is 0.722. The van der Waals surface area contributed by atoms with Crippen molar-refractivity contribution >= 4 is 17.1 Å². The zero-order chi connectivity index (χ0) is 19.0. The van der Waals surface area contributed by atoms with Gasteiger partial charge in [0, 0.05) is 25.2 Å². The third-order valence-electron chi connectivity index (χ3n) is 4.52. The molecule has 2 aromatic heterocycles. The van der Waals surface area contributed by atoms with Crippen LogP contribution in [-0.2, 0) is 11.3 Å².